The minimum atomic E-state index is -0.713. The van der Waals surface area contributed by atoms with Crippen LogP contribution in [0.25, 0.3) is 6.08 Å². The van der Waals surface area contributed by atoms with Crippen LogP contribution in [-0.4, -0.2) is 23.7 Å². The highest BCUT2D eigenvalue weighted by atomic mass is 16.4. The summed E-state index contributed by atoms with van der Waals surface area (Å²) in [6.45, 7) is 5.12. The van der Waals surface area contributed by atoms with Gasteiger partial charge in [0.25, 0.3) is 0 Å². The molecule has 0 bridgehead atoms. The predicted octanol–water partition coefficient (Wildman–Crippen LogP) is 2.89. The van der Waals surface area contributed by atoms with E-state index in [0.29, 0.717) is 12.3 Å². The van der Waals surface area contributed by atoms with Gasteiger partial charge in [-0.15, -0.1) is 0 Å². The highest BCUT2D eigenvalue weighted by Crippen LogP contribution is 2.19. The normalized spacial score (nSPS) is 23.3. The molecule has 1 aromatic carbocycles. The smallest absolute Gasteiger partial charge is 0.308 e. The van der Waals surface area contributed by atoms with E-state index in [0.717, 1.165) is 12.1 Å². The summed E-state index contributed by atoms with van der Waals surface area (Å²) in [7, 11) is 0. The average molecular weight is 259 g/mol. The van der Waals surface area contributed by atoms with Gasteiger partial charge in [-0.1, -0.05) is 50.3 Å². The van der Waals surface area contributed by atoms with E-state index in [1.807, 2.05) is 12.2 Å². The van der Waals surface area contributed by atoms with Gasteiger partial charge in [-0.05, 0) is 30.0 Å². The summed E-state index contributed by atoms with van der Waals surface area (Å²) in [6.07, 6.45) is 4.68. The molecule has 1 aromatic rings. The van der Waals surface area contributed by atoms with Gasteiger partial charge in [0.05, 0.1) is 5.92 Å². The fourth-order valence-electron chi connectivity index (χ4n) is 2.41. The van der Waals surface area contributed by atoms with Crippen LogP contribution in [0.2, 0.25) is 0 Å². The van der Waals surface area contributed by atoms with Crippen molar-refractivity contribution in [1.82, 2.24) is 5.32 Å². The molecular formula is C16H21NO2. The van der Waals surface area contributed by atoms with Crippen LogP contribution in [0.15, 0.2) is 30.3 Å². The van der Waals surface area contributed by atoms with Crippen LogP contribution in [0.4, 0.5) is 0 Å². The molecule has 1 aliphatic heterocycles. The first-order valence-electron chi connectivity index (χ1n) is 6.82. The number of carbonyl (C=O) groups is 1. The Morgan fingerprint density at radius 2 is 2.05 bits per heavy atom. The molecule has 1 saturated heterocycles. The van der Waals surface area contributed by atoms with E-state index < -0.39 is 5.97 Å². The predicted molar refractivity (Wildman–Crippen MR) is 77.1 cm³/mol. The summed E-state index contributed by atoms with van der Waals surface area (Å²) in [5, 5.41) is 12.3. The van der Waals surface area contributed by atoms with E-state index in [4.69, 9.17) is 5.11 Å². The molecule has 19 heavy (non-hydrogen) atoms. The molecule has 0 amide bonds. The lowest BCUT2D eigenvalue weighted by molar-refractivity contribution is -0.141. The largest absolute Gasteiger partial charge is 0.481 e. The highest BCUT2D eigenvalue weighted by Gasteiger charge is 2.30. The second-order valence-electron chi connectivity index (χ2n) is 5.39. The second kappa shape index (κ2) is 6.02. The molecule has 0 aromatic heterocycles. The fourth-order valence-corrected chi connectivity index (χ4v) is 2.41. The SMILES string of the molecule is CC(C)c1ccc(/C=C/C2NCCC2C(=O)O)cc1. The van der Waals surface area contributed by atoms with Gasteiger partial charge >= 0.3 is 5.97 Å². The molecule has 0 aliphatic carbocycles. The number of rotatable bonds is 4. The van der Waals surface area contributed by atoms with Gasteiger partial charge < -0.3 is 10.4 Å². The van der Waals surface area contributed by atoms with Gasteiger partial charge in [0.2, 0.25) is 0 Å². The van der Waals surface area contributed by atoms with E-state index >= 15 is 0 Å². The Bertz CT molecular complexity index is 462. The average Bonchev–Trinajstić information content (AvgIpc) is 2.85. The van der Waals surface area contributed by atoms with Gasteiger partial charge in [-0.25, -0.2) is 0 Å². The summed E-state index contributed by atoms with van der Waals surface area (Å²) in [6, 6.07) is 8.36. The molecule has 0 radical (unpaired) electrons. The van der Waals surface area contributed by atoms with Crippen molar-refractivity contribution in [2.45, 2.75) is 32.2 Å². The molecule has 2 unspecified atom stereocenters. The molecular weight excluding hydrogens is 238 g/mol. The van der Waals surface area contributed by atoms with Crippen LogP contribution in [-0.2, 0) is 4.79 Å². The second-order valence-corrected chi connectivity index (χ2v) is 5.39. The lowest BCUT2D eigenvalue weighted by Gasteiger charge is -2.11. The number of carboxylic acid groups (broad SMARTS) is 1. The lowest BCUT2D eigenvalue weighted by atomic mass is 9.99. The van der Waals surface area contributed by atoms with Crippen molar-refractivity contribution in [2.24, 2.45) is 5.92 Å². The van der Waals surface area contributed by atoms with Crippen LogP contribution in [0.1, 0.15) is 37.3 Å². The van der Waals surface area contributed by atoms with E-state index in [-0.39, 0.29) is 12.0 Å². The highest BCUT2D eigenvalue weighted by molar-refractivity contribution is 5.72. The van der Waals surface area contributed by atoms with Crippen molar-refractivity contribution in [2.75, 3.05) is 6.54 Å². The summed E-state index contributed by atoms with van der Waals surface area (Å²) >= 11 is 0. The van der Waals surface area contributed by atoms with Gasteiger partial charge in [-0.3, -0.25) is 4.79 Å². The van der Waals surface area contributed by atoms with Gasteiger partial charge in [0, 0.05) is 6.04 Å². The van der Waals surface area contributed by atoms with Crippen molar-refractivity contribution in [3.63, 3.8) is 0 Å². The Morgan fingerprint density at radius 1 is 1.37 bits per heavy atom. The van der Waals surface area contributed by atoms with Crippen LogP contribution in [0.5, 0.6) is 0 Å². The standard InChI is InChI=1S/C16H21NO2/c1-11(2)13-6-3-12(4-7-13)5-8-15-14(16(18)19)9-10-17-15/h3-8,11,14-15,17H,9-10H2,1-2H3,(H,18,19)/b8-5+. The number of hydrogen-bond donors (Lipinski definition) is 2. The molecule has 2 N–H and O–H groups in total. The Morgan fingerprint density at radius 3 is 2.63 bits per heavy atom. The number of hydrogen-bond acceptors (Lipinski definition) is 2. The summed E-state index contributed by atoms with van der Waals surface area (Å²) in [5.41, 5.74) is 2.43. The molecule has 2 atom stereocenters. The van der Waals surface area contributed by atoms with Gasteiger partial charge in [-0.2, -0.15) is 0 Å². The van der Waals surface area contributed by atoms with Crippen molar-refractivity contribution < 1.29 is 9.90 Å². The monoisotopic (exact) mass is 259 g/mol. The minimum absolute atomic E-state index is 0.0534. The summed E-state index contributed by atoms with van der Waals surface area (Å²) in [5.74, 6) is -0.480. The van der Waals surface area contributed by atoms with Crippen LogP contribution >= 0.6 is 0 Å². The first-order chi connectivity index (χ1) is 9.08. The Kier molecular flexibility index (Phi) is 4.38. The molecule has 102 valence electrons. The molecule has 2 rings (SSSR count). The molecule has 3 nitrogen and oxygen atoms in total. The molecule has 1 heterocycles. The third-order valence-corrected chi connectivity index (χ3v) is 3.69. The quantitative estimate of drug-likeness (QED) is 0.874. The van der Waals surface area contributed by atoms with E-state index in [9.17, 15) is 4.79 Å². The zero-order valence-corrected chi connectivity index (χ0v) is 11.5. The zero-order chi connectivity index (χ0) is 13.8. The topological polar surface area (TPSA) is 49.3 Å². The van der Waals surface area contributed by atoms with Crippen molar-refractivity contribution in [1.29, 1.82) is 0 Å². The van der Waals surface area contributed by atoms with Gasteiger partial charge in [0.15, 0.2) is 0 Å². The maximum absolute atomic E-state index is 11.1. The molecule has 1 fully saturated rings. The van der Waals surface area contributed by atoms with E-state index in [2.05, 4.69) is 43.4 Å². The zero-order valence-electron chi connectivity index (χ0n) is 11.5. The van der Waals surface area contributed by atoms with E-state index in [1.165, 1.54) is 5.56 Å². The number of aliphatic carboxylic acids is 1. The molecule has 0 saturated carbocycles. The maximum Gasteiger partial charge on any atom is 0.308 e. The van der Waals surface area contributed by atoms with Gasteiger partial charge in [0.1, 0.15) is 0 Å². The fraction of sp³-hybridized carbons (Fsp3) is 0.438. The molecule has 1 aliphatic rings. The Labute approximate surface area is 114 Å². The van der Waals surface area contributed by atoms with E-state index in [1.54, 1.807) is 0 Å². The molecule has 0 spiro atoms. The first-order valence-corrected chi connectivity index (χ1v) is 6.82. The van der Waals surface area contributed by atoms with Crippen molar-refractivity contribution >= 4 is 12.0 Å². The Balaban J connectivity index is 2.04. The Hall–Kier alpha value is -1.61. The number of carboxylic acids is 1. The minimum Gasteiger partial charge on any atom is -0.481 e. The van der Waals surface area contributed by atoms with Crippen LogP contribution in [0, 0.1) is 5.92 Å². The first kappa shape index (κ1) is 13.8. The number of benzene rings is 1. The third kappa shape index (κ3) is 3.44. The number of nitrogens with one attached hydrogen (secondary N) is 1. The molecule has 3 heteroatoms. The van der Waals surface area contributed by atoms with Crippen molar-refractivity contribution in [3.05, 3.63) is 41.5 Å². The van der Waals surface area contributed by atoms with Crippen molar-refractivity contribution in [3.8, 4) is 0 Å². The maximum atomic E-state index is 11.1. The lowest BCUT2D eigenvalue weighted by Crippen LogP contribution is -2.29. The summed E-state index contributed by atoms with van der Waals surface area (Å²) in [4.78, 5) is 11.1. The van der Waals surface area contributed by atoms with Crippen LogP contribution < -0.4 is 5.32 Å². The third-order valence-electron chi connectivity index (χ3n) is 3.69. The summed E-state index contributed by atoms with van der Waals surface area (Å²) < 4.78 is 0. The van der Waals surface area contributed by atoms with Crippen LogP contribution in [0.3, 0.4) is 0 Å².